The van der Waals surface area contributed by atoms with Crippen molar-refractivity contribution in [2.45, 2.75) is 6.54 Å². The predicted molar refractivity (Wildman–Crippen MR) is 77.0 cm³/mol. The van der Waals surface area contributed by atoms with Crippen molar-refractivity contribution >= 4 is 21.8 Å². The summed E-state index contributed by atoms with van der Waals surface area (Å²) in [6.07, 6.45) is 0. The number of nitrogens with one attached hydrogen (secondary N) is 1. The van der Waals surface area contributed by atoms with E-state index < -0.39 is 0 Å². The van der Waals surface area contributed by atoms with Gasteiger partial charge in [0.05, 0.1) is 6.54 Å². The van der Waals surface area contributed by atoms with Crippen LogP contribution in [0.1, 0.15) is 5.89 Å². The van der Waals surface area contributed by atoms with Crippen LogP contribution in [-0.4, -0.2) is 15.1 Å². The molecular weight excluding hydrogens is 252 g/mol. The van der Waals surface area contributed by atoms with Gasteiger partial charge in [-0.1, -0.05) is 23.4 Å². The highest BCUT2D eigenvalue weighted by molar-refractivity contribution is 6.08. The number of para-hydroxylation sites is 1. The molecule has 0 spiro atoms. The van der Waals surface area contributed by atoms with Crippen LogP contribution in [0.25, 0.3) is 33.2 Å². The number of fused-ring (bicyclic) bond motifs is 3. The van der Waals surface area contributed by atoms with E-state index in [1.165, 1.54) is 5.39 Å². The van der Waals surface area contributed by atoms with E-state index in [9.17, 15) is 0 Å². The van der Waals surface area contributed by atoms with Crippen LogP contribution < -0.4 is 5.73 Å². The maximum atomic E-state index is 5.49. The molecule has 0 radical (unpaired) electrons. The number of benzene rings is 2. The molecule has 5 heteroatoms. The van der Waals surface area contributed by atoms with Gasteiger partial charge < -0.3 is 15.2 Å². The second-order valence-corrected chi connectivity index (χ2v) is 4.65. The molecule has 3 N–H and O–H groups in total. The topological polar surface area (TPSA) is 80.7 Å². The molecular formula is C15H12N4O. The van der Waals surface area contributed by atoms with E-state index in [0.717, 1.165) is 22.0 Å². The van der Waals surface area contributed by atoms with Crippen LogP contribution in [0.15, 0.2) is 47.0 Å². The Balaban J connectivity index is 1.95. The maximum Gasteiger partial charge on any atom is 0.240 e. The van der Waals surface area contributed by atoms with Gasteiger partial charge in [-0.3, -0.25) is 0 Å². The third kappa shape index (κ3) is 1.60. The lowest BCUT2D eigenvalue weighted by molar-refractivity contribution is 0.380. The lowest BCUT2D eigenvalue weighted by atomic mass is 10.1. The number of rotatable bonds is 2. The standard InChI is InChI=1S/C15H12N4O/c16-8-14-18-15(19-20-14)9-5-6-13-11(7-9)10-3-1-2-4-12(10)17-13/h1-7,17H,8,16H2. The van der Waals surface area contributed by atoms with Gasteiger partial charge in [-0.05, 0) is 24.3 Å². The van der Waals surface area contributed by atoms with E-state index in [1.807, 2.05) is 24.3 Å². The van der Waals surface area contributed by atoms with Crippen LogP contribution >= 0.6 is 0 Å². The van der Waals surface area contributed by atoms with E-state index >= 15 is 0 Å². The largest absolute Gasteiger partial charge is 0.355 e. The van der Waals surface area contributed by atoms with Gasteiger partial charge in [0.15, 0.2) is 0 Å². The lowest BCUT2D eigenvalue weighted by Crippen LogP contribution is -1.95. The Bertz CT molecular complexity index is 906. The van der Waals surface area contributed by atoms with E-state index in [-0.39, 0.29) is 6.54 Å². The molecule has 0 saturated carbocycles. The summed E-state index contributed by atoms with van der Waals surface area (Å²) in [5, 5.41) is 6.29. The third-order valence-electron chi connectivity index (χ3n) is 3.41. The molecule has 98 valence electrons. The summed E-state index contributed by atoms with van der Waals surface area (Å²) in [7, 11) is 0. The monoisotopic (exact) mass is 264 g/mol. The van der Waals surface area contributed by atoms with Crippen LogP contribution in [0.3, 0.4) is 0 Å². The molecule has 0 unspecified atom stereocenters. The number of aromatic amines is 1. The molecule has 0 fully saturated rings. The Labute approximate surface area is 114 Å². The van der Waals surface area contributed by atoms with Gasteiger partial charge in [-0.15, -0.1) is 0 Å². The zero-order chi connectivity index (χ0) is 13.5. The highest BCUT2D eigenvalue weighted by Gasteiger charge is 2.10. The van der Waals surface area contributed by atoms with Crippen molar-refractivity contribution in [3.05, 3.63) is 48.4 Å². The van der Waals surface area contributed by atoms with Crippen molar-refractivity contribution in [1.82, 2.24) is 15.1 Å². The molecule has 5 nitrogen and oxygen atoms in total. The molecule has 2 heterocycles. The van der Waals surface area contributed by atoms with Gasteiger partial charge in [0, 0.05) is 27.4 Å². The van der Waals surface area contributed by atoms with Crippen LogP contribution in [0.4, 0.5) is 0 Å². The van der Waals surface area contributed by atoms with Crippen molar-refractivity contribution in [2.75, 3.05) is 0 Å². The lowest BCUT2D eigenvalue weighted by Gasteiger charge is -1.95. The SMILES string of the molecule is NCc1nc(-c2ccc3[nH]c4ccccc4c3c2)no1. The summed E-state index contributed by atoms with van der Waals surface area (Å²) in [6.45, 7) is 0.252. The third-order valence-corrected chi connectivity index (χ3v) is 3.41. The summed E-state index contributed by atoms with van der Waals surface area (Å²) in [5.41, 5.74) is 8.63. The number of aromatic nitrogens is 3. The molecule has 4 aromatic rings. The van der Waals surface area contributed by atoms with E-state index in [2.05, 4.69) is 33.3 Å². The zero-order valence-electron chi connectivity index (χ0n) is 10.6. The summed E-state index contributed by atoms with van der Waals surface area (Å²) >= 11 is 0. The van der Waals surface area contributed by atoms with Crippen molar-refractivity contribution in [3.63, 3.8) is 0 Å². The van der Waals surface area contributed by atoms with Gasteiger partial charge in [0.1, 0.15) is 0 Å². The molecule has 4 rings (SSSR count). The first kappa shape index (κ1) is 11.2. The quantitative estimate of drug-likeness (QED) is 0.583. The minimum atomic E-state index is 0.252. The fourth-order valence-corrected chi connectivity index (χ4v) is 2.44. The number of hydrogen-bond acceptors (Lipinski definition) is 4. The Kier molecular flexibility index (Phi) is 2.34. The number of H-pyrrole nitrogens is 1. The molecule has 0 aliphatic carbocycles. The predicted octanol–water partition coefficient (Wildman–Crippen LogP) is 2.83. The van der Waals surface area contributed by atoms with Crippen molar-refractivity contribution < 1.29 is 4.52 Å². The van der Waals surface area contributed by atoms with E-state index in [4.69, 9.17) is 10.3 Å². The highest BCUT2D eigenvalue weighted by atomic mass is 16.5. The normalized spacial score (nSPS) is 11.4. The fraction of sp³-hybridized carbons (Fsp3) is 0.0667. The van der Waals surface area contributed by atoms with E-state index in [0.29, 0.717) is 11.7 Å². The summed E-state index contributed by atoms with van der Waals surface area (Å²) in [5.74, 6) is 1.01. The first-order valence-corrected chi connectivity index (χ1v) is 6.38. The average Bonchev–Trinajstić information content (AvgIpc) is 3.11. The molecule has 0 amide bonds. The maximum absolute atomic E-state index is 5.49. The molecule has 0 aliphatic rings. The molecule has 0 atom stereocenters. The minimum absolute atomic E-state index is 0.252. The summed E-state index contributed by atoms with van der Waals surface area (Å²) < 4.78 is 5.06. The molecule has 0 saturated heterocycles. The summed E-state index contributed by atoms with van der Waals surface area (Å²) in [4.78, 5) is 7.65. The molecule has 2 aromatic heterocycles. The number of nitrogens with two attached hydrogens (primary N) is 1. The molecule has 2 aromatic carbocycles. The van der Waals surface area contributed by atoms with Crippen molar-refractivity contribution in [3.8, 4) is 11.4 Å². The first-order valence-electron chi connectivity index (χ1n) is 6.38. The van der Waals surface area contributed by atoms with E-state index in [1.54, 1.807) is 0 Å². The highest BCUT2D eigenvalue weighted by Crippen LogP contribution is 2.28. The Morgan fingerprint density at radius 1 is 1.05 bits per heavy atom. The smallest absolute Gasteiger partial charge is 0.240 e. The summed E-state index contributed by atoms with van der Waals surface area (Å²) in [6, 6.07) is 14.3. The molecule has 20 heavy (non-hydrogen) atoms. The molecule has 0 aliphatic heterocycles. The van der Waals surface area contributed by atoms with Crippen LogP contribution in [-0.2, 0) is 6.54 Å². The van der Waals surface area contributed by atoms with Gasteiger partial charge in [0.2, 0.25) is 11.7 Å². The molecule has 0 bridgehead atoms. The second-order valence-electron chi connectivity index (χ2n) is 4.65. The van der Waals surface area contributed by atoms with Gasteiger partial charge in [-0.2, -0.15) is 4.98 Å². The zero-order valence-corrected chi connectivity index (χ0v) is 10.6. The van der Waals surface area contributed by atoms with Gasteiger partial charge in [-0.25, -0.2) is 0 Å². The number of nitrogens with zero attached hydrogens (tertiary/aromatic N) is 2. The van der Waals surface area contributed by atoms with Gasteiger partial charge in [0.25, 0.3) is 0 Å². The van der Waals surface area contributed by atoms with Crippen molar-refractivity contribution in [1.29, 1.82) is 0 Å². The Hall–Kier alpha value is -2.66. The second kappa shape index (κ2) is 4.18. The van der Waals surface area contributed by atoms with Crippen molar-refractivity contribution in [2.24, 2.45) is 5.73 Å². The Morgan fingerprint density at radius 2 is 1.90 bits per heavy atom. The minimum Gasteiger partial charge on any atom is -0.355 e. The van der Waals surface area contributed by atoms with Crippen LogP contribution in [0.5, 0.6) is 0 Å². The fourth-order valence-electron chi connectivity index (χ4n) is 2.44. The Morgan fingerprint density at radius 3 is 2.75 bits per heavy atom. The van der Waals surface area contributed by atoms with Crippen LogP contribution in [0, 0.1) is 0 Å². The first-order chi connectivity index (χ1) is 9.85. The average molecular weight is 264 g/mol. The number of hydrogen-bond donors (Lipinski definition) is 2. The van der Waals surface area contributed by atoms with Crippen LogP contribution in [0.2, 0.25) is 0 Å². The van der Waals surface area contributed by atoms with Gasteiger partial charge >= 0.3 is 0 Å².